The molecule has 2 aromatic rings. The van der Waals surface area contributed by atoms with Gasteiger partial charge >= 0.3 is 0 Å². The smallest absolute Gasteiger partial charge is 0.252 e. The fraction of sp³-hybridized carbons (Fsp3) is 0.235. The number of aryl methyl sites for hydroxylation is 1. The van der Waals surface area contributed by atoms with Crippen molar-refractivity contribution in [3.05, 3.63) is 70.2 Å². The summed E-state index contributed by atoms with van der Waals surface area (Å²) in [6.07, 6.45) is 0. The van der Waals surface area contributed by atoms with Crippen molar-refractivity contribution in [2.45, 2.75) is 19.4 Å². The summed E-state index contributed by atoms with van der Waals surface area (Å²) in [6.45, 7) is 3.48. The summed E-state index contributed by atoms with van der Waals surface area (Å²) in [4.78, 5) is 12.4. The maximum absolute atomic E-state index is 12.4. The highest BCUT2D eigenvalue weighted by Crippen LogP contribution is 2.21. The van der Waals surface area contributed by atoms with Crippen LogP contribution in [0.3, 0.4) is 0 Å². The first kappa shape index (κ1) is 15.5. The predicted octanol–water partition coefficient (Wildman–Crippen LogP) is 3.29. The van der Waals surface area contributed by atoms with Crippen LogP contribution in [-0.2, 0) is 5.54 Å². The van der Waals surface area contributed by atoms with Crippen molar-refractivity contribution in [3.8, 4) is 0 Å². The maximum atomic E-state index is 12.4. The van der Waals surface area contributed by atoms with Crippen LogP contribution in [0.2, 0.25) is 5.02 Å². The summed E-state index contributed by atoms with van der Waals surface area (Å²) in [7, 11) is 0. The second-order valence-electron chi connectivity index (χ2n) is 5.33. The molecule has 2 rings (SSSR count). The topological polar surface area (TPSA) is 49.3 Å². The molecule has 0 bridgehead atoms. The number of carbonyl (C=O) groups is 1. The number of carbonyl (C=O) groups excluding carboxylic acids is 1. The van der Waals surface area contributed by atoms with Gasteiger partial charge in [0.05, 0.1) is 12.1 Å². The Bertz CT molecular complexity index is 622. The highest BCUT2D eigenvalue weighted by molar-refractivity contribution is 6.31. The van der Waals surface area contributed by atoms with Crippen molar-refractivity contribution in [1.29, 1.82) is 0 Å². The second-order valence-corrected chi connectivity index (χ2v) is 5.76. The number of amides is 1. The van der Waals surface area contributed by atoms with Crippen LogP contribution in [0.5, 0.6) is 0 Å². The molecule has 0 fully saturated rings. The molecular formula is C17H18ClNO2. The van der Waals surface area contributed by atoms with Crippen LogP contribution in [0.1, 0.15) is 28.4 Å². The van der Waals surface area contributed by atoms with Crippen LogP contribution >= 0.6 is 11.6 Å². The number of hydrogen-bond donors (Lipinski definition) is 2. The Morgan fingerprint density at radius 3 is 2.48 bits per heavy atom. The molecule has 21 heavy (non-hydrogen) atoms. The third-order valence-corrected chi connectivity index (χ3v) is 3.64. The van der Waals surface area contributed by atoms with Gasteiger partial charge in [-0.2, -0.15) is 0 Å². The minimum Gasteiger partial charge on any atom is -0.394 e. The molecule has 0 aliphatic rings. The SMILES string of the molecule is Cc1cc(Cl)cc(C(=O)NC(C)(CO)c2ccccc2)c1. The summed E-state index contributed by atoms with van der Waals surface area (Å²) in [5, 5.41) is 13.1. The van der Waals surface area contributed by atoms with Gasteiger partial charge in [0.1, 0.15) is 0 Å². The van der Waals surface area contributed by atoms with Gasteiger partial charge in [-0.25, -0.2) is 0 Å². The largest absolute Gasteiger partial charge is 0.394 e. The molecule has 1 unspecified atom stereocenters. The molecule has 0 heterocycles. The molecule has 0 radical (unpaired) electrons. The van der Waals surface area contributed by atoms with Crippen LogP contribution < -0.4 is 5.32 Å². The normalized spacial score (nSPS) is 13.5. The Balaban J connectivity index is 2.28. The number of benzene rings is 2. The molecule has 0 aliphatic heterocycles. The van der Waals surface area contributed by atoms with Gasteiger partial charge in [-0.1, -0.05) is 41.9 Å². The number of aliphatic hydroxyl groups is 1. The number of nitrogens with one attached hydrogen (secondary N) is 1. The number of rotatable bonds is 4. The van der Waals surface area contributed by atoms with Crippen molar-refractivity contribution in [2.75, 3.05) is 6.61 Å². The Morgan fingerprint density at radius 2 is 1.90 bits per heavy atom. The summed E-state index contributed by atoms with van der Waals surface area (Å²) in [5.41, 5.74) is 1.41. The van der Waals surface area contributed by atoms with Crippen LogP contribution in [0.15, 0.2) is 48.5 Å². The maximum Gasteiger partial charge on any atom is 0.252 e. The molecule has 110 valence electrons. The summed E-state index contributed by atoms with van der Waals surface area (Å²) in [5.74, 6) is -0.263. The third-order valence-electron chi connectivity index (χ3n) is 3.42. The molecule has 1 atom stereocenters. The molecule has 2 aromatic carbocycles. The van der Waals surface area contributed by atoms with E-state index >= 15 is 0 Å². The quantitative estimate of drug-likeness (QED) is 0.910. The van der Waals surface area contributed by atoms with E-state index < -0.39 is 5.54 Å². The summed E-state index contributed by atoms with van der Waals surface area (Å²) >= 11 is 5.99. The first-order valence-electron chi connectivity index (χ1n) is 6.71. The highest BCUT2D eigenvalue weighted by atomic mass is 35.5. The minimum absolute atomic E-state index is 0.192. The molecule has 0 aliphatic carbocycles. The average Bonchev–Trinajstić information content (AvgIpc) is 2.47. The summed E-state index contributed by atoms with van der Waals surface area (Å²) < 4.78 is 0. The van der Waals surface area contributed by atoms with E-state index in [1.165, 1.54) is 0 Å². The second kappa shape index (κ2) is 6.29. The van der Waals surface area contributed by atoms with E-state index in [1.54, 1.807) is 25.1 Å². The first-order chi connectivity index (χ1) is 9.94. The molecule has 3 nitrogen and oxygen atoms in total. The van der Waals surface area contributed by atoms with Gasteiger partial charge in [0.15, 0.2) is 0 Å². The zero-order valence-corrected chi connectivity index (χ0v) is 12.8. The molecule has 2 N–H and O–H groups in total. The zero-order valence-electron chi connectivity index (χ0n) is 12.1. The van der Waals surface area contributed by atoms with E-state index in [4.69, 9.17) is 11.6 Å². The molecule has 0 saturated carbocycles. The fourth-order valence-corrected chi connectivity index (χ4v) is 2.49. The van der Waals surface area contributed by atoms with Crippen LogP contribution in [0.25, 0.3) is 0 Å². The van der Waals surface area contributed by atoms with Gasteiger partial charge in [0, 0.05) is 10.6 Å². The standard InChI is InChI=1S/C17H18ClNO2/c1-12-8-13(10-15(18)9-12)16(21)19-17(2,11-20)14-6-4-3-5-7-14/h3-10,20H,11H2,1-2H3,(H,19,21). The minimum atomic E-state index is -0.839. The molecule has 0 saturated heterocycles. The Hall–Kier alpha value is -1.84. The Kier molecular flexibility index (Phi) is 4.66. The highest BCUT2D eigenvalue weighted by Gasteiger charge is 2.28. The Morgan fingerprint density at radius 1 is 1.24 bits per heavy atom. The van der Waals surface area contributed by atoms with Gasteiger partial charge in [-0.05, 0) is 43.2 Å². The van der Waals surface area contributed by atoms with E-state index in [-0.39, 0.29) is 12.5 Å². The van der Waals surface area contributed by atoms with Gasteiger partial charge in [0.25, 0.3) is 5.91 Å². The molecular weight excluding hydrogens is 286 g/mol. The zero-order chi connectivity index (χ0) is 15.5. The van der Waals surface area contributed by atoms with E-state index in [2.05, 4.69) is 5.32 Å². The van der Waals surface area contributed by atoms with Crippen molar-refractivity contribution in [1.82, 2.24) is 5.32 Å². The predicted molar refractivity (Wildman–Crippen MR) is 84.5 cm³/mol. The lowest BCUT2D eigenvalue weighted by atomic mass is 9.92. The lowest BCUT2D eigenvalue weighted by Gasteiger charge is -2.29. The molecule has 4 heteroatoms. The third kappa shape index (κ3) is 3.63. The van der Waals surface area contributed by atoms with E-state index in [9.17, 15) is 9.90 Å². The lowest BCUT2D eigenvalue weighted by molar-refractivity contribution is 0.0849. The van der Waals surface area contributed by atoms with Crippen molar-refractivity contribution in [3.63, 3.8) is 0 Å². The van der Waals surface area contributed by atoms with E-state index in [0.29, 0.717) is 10.6 Å². The van der Waals surface area contributed by atoms with E-state index in [0.717, 1.165) is 11.1 Å². The van der Waals surface area contributed by atoms with Crippen LogP contribution in [0.4, 0.5) is 0 Å². The van der Waals surface area contributed by atoms with Gasteiger partial charge in [0.2, 0.25) is 0 Å². The van der Waals surface area contributed by atoms with Crippen LogP contribution in [0, 0.1) is 6.92 Å². The average molecular weight is 304 g/mol. The van der Waals surface area contributed by atoms with Crippen molar-refractivity contribution in [2.24, 2.45) is 0 Å². The molecule has 0 aromatic heterocycles. The van der Waals surface area contributed by atoms with Gasteiger partial charge in [-0.15, -0.1) is 0 Å². The van der Waals surface area contributed by atoms with Gasteiger partial charge in [-0.3, -0.25) is 4.79 Å². The summed E-state index contributed by atoms with van der Waals surface area (Å²) in [6, 6.07) is 14.6. The molecule has 1 amide bonds. The number of hydrogen-bond acceptors (Lipinski definition) is 2. The monoisotopic (exact) mass is 303 g/mol. The number of halogens is 1. The first-order valence-corrected chi connectivity index (χ1v) is 7.08. The van der Waals surface area contributed by atoms with Gasteiger partial charge < -0.3 is 10.4 Å². The fourth-order valence-electron chi connectivity index (χ4n) is 2.20. The Labute approximate surface area is 129 Å². The van der Waals surface area contributed by atoms with E-state index in [1.807, 2.05) is 37.3 Å². The number of aliphatic hydroxyl groups excluding tert-OH is 1. The van der Waals surface area contributed by atoms with Crippen molar-refractivity contribution < 1.29 is 9.90 Å². The van der Waals surface area contributed by atoms with Crippen molar-refractivity contribution >= 4 is 17.5 Å². The van der Waals surface area contributed by atoms with Crippen LogP contribution in [-0.4, -0.2) is 17.6 Å². The lowest BCUT2D eigenvalue weighted by Crippen LogP contribution is -2.46. The molecule has 0 spiro atoms.